The number of aromatic nitrogens is 1. The molecule has 0 spiro atoms. The van der Waals surface area contributed by atoms with Gasteiger partial charge >= 0.3 is 6.03 Å². The average molecular weight is 536 g/mol. The number of likely N-dealkylation sites (N-methyl/N-ethyl adjacent to an activating group) is 2. The second-order valence-electron chi connectivity index (χ2n) is 12.1. The molecule has 3 aliphatic rings. The molecular weight excluding hydrogens is 490 g/mol. The van der Waals surface area contributed by atoms with E-state index in [1.54, 1.807) is 11.9 Å². The number of hydrogen-bond donors (Lipinski definition) is 1. The van der Waals surface area contributed by atoms with Gasteiger partial charge in [-0.05, 0) is 64.6 Å². The van der Waals surface area contributed by atoms with Crippen molar-refractivity contribution in [1.82, 2.24) is 19.7 Å². The highest BCUT2D eigenvalue weighted by atomic mass is 16.2. The van der Waals surface area contributed by atoms with Crippen LogP contribution in [0.4, 0.5) is 10.5 Å². The number of likely N-dealkylation sites (tertiary alicyclic amines) is 1. The molecule has 3 atom stereocenters. The second-order valence-corrected chi connectivity index (χ2v) is 12.1. The van der Waals surface area contributed by atoms with E-state index in [1.807, 2.05) is 18.9 Å². The van der Waals surface area contributed by atoms with E-state index in [4.69, 9.17) is 0 Å². The molecule has 1 saturated carbocycles. The van der Waals surface area contributed by atoms with Crippen LogP contribution >= 0.6 is 0 Å². The van der Waals surface area contributed by atoms with Crippen LogP contribution in [0.5, 0.6) is 0 Å². The number of fused-ring (bicyclic) bond motifs is 1. The second kappa shape index (κ2) is 11.7. The molecule has 2 aliphatic heterocycles. The summed E-state index contributed by atoms with van der Waals surface area (Å²) in [6, 6.07) is 6.30. The van der Waals surface area contributed by atoms with Gasteiger partial charge in [0.15, 0.2) is 0 Å². The Balaban J connectivity index is 1.41. The molecule has 39 heavy (non-hydrogen) atoms. The number of Topliss-reactive ketones (excluding diaryl/α,β-unsaturated/α-hetero) is 1. The zero-order valence-electron chi connectivity index (χ0n) is 24.1. The fourth-order valence-electron chi connectivity index (χ4n) is 6.93. The molecule has 1 aliphatic carbocycles. The molecule has 0 radical (unpaired) electrons. The molecule has 3 amide bonds. The standard InChI is InChI=1S/C31H45N5O3/c1-21-12-13-27-26(17-21)28(36-16-15-33(4)31(36)39)20-34(27)19-24-11-8-14-35(24)30(38)25(18-29(37)22(2)32-3)23-9-6-5-7-10-23/h12-13,17,20,22-25,32H,5-11,14-16,18-19H2,1-4H3. The zero-order chi connectivity index (χ0) is 27.7. The third kappa shape index (κ3) is 5.58. The van der Waals surface area contributed by atoms with Gasteiger partial charge in [-0.15, -0.1) is 0 Å². The van der Waals surface area contributed by atoms with Crippen molar-refractivity contribution < 1.29 is 14.4 Å². The number of nitrogens with zero attached hydrogens (tertiary/aromatic N) is 4. The van der Waals surface area contributed by atoms with Crippen molar-refractivity contribution in [2.75, 3.05) is 38.6 Å². The Labute approximate surface area is 232 Å². The molecule has 5 rings (SSSR count). The Morgan fingerprint density at radius 1 is 1.05 bits per heavy atom. The van der Waals surface area contributed by atoms with E-state index >= 15 is 0 Å². The highest BCUT2D eigenvalue weighted by Crippen LogP contribution is 2.37. The van der Waals surface area contributed by atoms with Crippen molar-refractivity contribution in [3.63, 3.8) is 0 Å². The number of nitrogens with one attached hydrogen (secondary N) is 1. The smallest absolute Gasteiger partial charge is 0.324 e. The van der Waals surface area contributed by atoms with E-state index in [9.17, 15) is 14.4 Å². The van der Waals surface area contributed by atoms with Crippen molar-refractivity contribution in [2.45, 2.75) is 83.8 Å². The number of ketones is 1. The number of aryl methyl sites for hydroxylation is 1. The Bertz CT molecular complexity index is 1220. The molecular formula is C31H45N5O3. The Kier molecular flexibility index (Phi) is 8.31. The first-order valence-corrected chi connectivity index (χ1v) is 14.9. The summed E-state index contributed by atoms with van der Waals surface area (Å²) in [5.41, 5.74) is 3.21. The third-order valence-electron chi connectivity index (χ3n) is 9.46. The summed E-state index contributed by atoms with van der Waals surface area (Å²) in [4.78, 5) is 45.8. The molecule has 1 aromatic heterocycles. The molecule has 3 fully saturated rings. The van der Waals surface area contributed by atoms with Gasteiger partial charge in [0.25, 0.3) is 0 Å². The topological polar surface area (TPSA) is 77.9 Å². The van der Waals surface area contributed by atoms with Crippen molar-refractivity contribution in [2.24, 2.45) is 11.8 Å². The minimum absolute atomic E-state index is 0.0315. The van der Waals surface area contributed by atoms with Gasteiger partial charge in [0.2, 0.25) is 5.91 Å². The van der Waals surface area contributed by atoms with Crippen molar-refractivity contribution in [3.05, 3.63) is 30.0 Å². The highest BCUT2D eigenvalue weighted by Gasteiger charge is 2.39. The largest absolute Gasteiger partial charge is 0.343 e. The summed E-state index contributed by atoms with van der Waals surface area (Å²) in [6.45, 7) is 6.82. The molecule has 8 nitrogen and oxygen atoms in total. The van der Waals surface area contributed by atoms with Crippen LogP contribution in [-0.4, -0.2) is 77.9 Å². The molecule has 1 aromatic carbocycles. The van der Waals surface area contributed by atoms with Gasteiger partial charge in [0.05, 0.1) is 17.2 Å². The molecule has 212 valence electrons. The first kappa shape index (κ1) is 27.7. The van der Waals surface area contributed by atoms with Crippen molar-refractivity contribution in [1.29, 1.82) is 0 Å². The van der Waals surface area contributed by atoms with Crippen LogP contribution in [0.1, 0.15) is 63.9 Å². The quantitative estimate of drug-likeness (QED) is 0.510. The summed E-state index contributed by atoms with van der Waals surface area (Å²) < 4.78 is 2.25. The maximum Gasteiger partial charge on any atom is 0.324 e. The van der Waals surface area contributed by atoms with Crippen LogP contribution in [-0.2, 0) is 16.1 Å². The van der Waals surface area contributed by atoms with Crippen LogP contribution in [0.15, 0.2) is 24.4 Å². The minimum Gasteiger partial charge on any atom is -0.343 e. The van der Waals surface area contributed by atoms with Crippen LogP contribution < -0.4 is 10.2 Å². The lowest BCUT2D eigenvalue weighted by molar-refractivity contribution is -0.141. The molecule has 2 aromatic rings. The Hall–Kier alpha value is -2.87. The van der Waals surface area contributed by atoms with Crippen molar-refractivity contribution in [3.8, 4) is 0 Å². The maximum atomic E-state index is 14.2. The van der Waals surface area contributed by atoms with Gasteiger partial charge in [0, 0.05) is 63.2 Å². The van der Waals surface area contributed by atoms with Gasteiger partial charge in [-0.25, -0.2) is 4.79 Å². The van der Waals surface area contributed by atoms with E-state index in [0.29, 0.717) is 25.4 Å². The lowest BCUT2D eigenvalue weighted by Crippen LogP contribution is -2.45. The molecule has 3 unspecified atom stereocenters. The van der Waals surface area contributed by atoms with Gasteiger partial charge in [0.1, 0.15) is 5.78 Å². The number of hydrogen-bond acceptors (Lipinski definition) is 4. The summed E-state index contributed by atoms with van der Waals surface area (Å²) in [6.07, 6.45) is 9.98. The molecule has 8 heteroatoms. The number of carbonyl (C=O) groups excluding carboxylic acids is 3. The molecule has 3 heterocycles. The Morgan fingerprint density at radius 3 is 2.51 bits per heavy atom. The normalized spacial score (nSPS) is 22.2. The van der Waals surface area contributed by atoms with E-state index in [-0.39, 0.29) is 35.7 Å². The number of rotatable bonds is 9. The number of urea groups is 1. The van der Waals surface area contributed by atoms with Crippen LogP contribution in [0.25, 0.3) is 10.9 Å². The van der Waals surface area contributed by atoms with Gasteiger partial charge in [-0.3, -0.25) is 14.5 Å². The minimum atomic E-state index is -0.237. The number of carbonyl (C=O) groups is 3. The van der Waals surface area contributed by atoms with Gasteiger partial charge in [-0.2, -0.15) is 0 Å². The summed E-state index contributed by atoms with van der Waals surface area (Å²) in [5.74, 6) is 0.367. The SMILES string of the molecule is CNC(C)C(=O)CC(C(=O)N1CCCC1Cn1cc(N2CCN(C)C2=O)c2cc(C)ccc21)C1CCCCC1. The number of anilines is 1. The monoisotopic (exact) mass is 535 g/mol. The predicted octanol–water partition coefficient (Wildman–Crippen LogP) is 4.58. The molecule has 1 N–H and O–H groups in total. The van der Waals surface area contributed by atoms with Crippen LogP contribution in [0, 0.1) is 18.8 Å². The number of benzene rings is 1. The summed E-state index contributed by atoms with van der Waals surface area (Å²) in [5, 5.41) is 4.15. The lowest BCUT2D eigenvalue weighted by Gasteiger charge is -2.35. The summed E-state index contributed by atoms with van der Waals surface area (Å²) >= 11 is 0. The Morgan fingerprint density at radius 2 is 1.82 bits per heavy atom. The van der Waals surface area contributed by atoms with E-state index in [1.165, 1.54) is 6.42 Å². The zero-order valence-corrected chi connectivity index (χ0v) is 24.1. The van der Waals surface area contributed by atoms with E-state index in [2.05, 4.69) is 46.1 Å². The predicted molar refractivity (Wildman–Crippen MR) is 155 cm³/mol. The fraction of sp³-hybridized carbons (Fsp3) is 0.645. The fourth-order valence-corrected chi connectivity index (χ4v) is 6.93. The van der Waals surface area contributed by atoms with Gasteiger partial charge in [-0.1, -0.05) is 30.9 Å². The molecule has 0 bridgehead atoms. The highest BCUT2D eigenvalue weighted by molar-refractivity contribution is 6.04. The van der Waals surface area contributed by atoms with E-state index < -0.39 is 0 Å². The van der Waals surface area contributed by atoms with Crippen LogP contribution in [0.3, 0.4) is 0 Å². The van der Waals surface area contributed by atoms with E-state index in [0.717, 1.165) is 73.8 Å². The lowest BCUT2D eigenvalue weighted by atomic mass is 9.76. The average Bonchev–Trinajstić information content (AvgIpc) is 3.64. The molecule has 2 saturated heterocycles. The first-order chi connectivity index (χ1) is 18.8. The summed E-state index contributed by atoms with van der Waals surface area (Å²) in [7, 11) is 3.65. The number of amides is 3. The van der Waals surface area contributed by atoms with Crippen LogP contribution in [0.2, 0.25) is 0 Å². The van der Waals surface area contributed by atoms with Crippen molar-refractivity contribution >= 4 is 34.3 Å². The third-order valence-corrected chi connectivity index (χ3v) is 9.46. The first-order valence-electron chi connectivity index (χ1n) is 14.9. The van der Waals surface area contributed by atoms with Gasteiger partial charge < -0.3 is 19.7 Å². The maximum absolute atomic E-state index is 14.2.